The average Bonchev–Trinajstić information content (AvgIpc) is 2.80. The van der Waals surface area contributed by atoms with Gasteiger partial charge in [0.15, 0.2) is 17.1 Å². The quantitative estimate of drug-likeness (QED) is 0.679. The maximum absolute atomic E-state index is 5.68. The molecule has 0 N–H and O–H groups in total. The second-order valence-corrected chi connectivity index (χ2v) is 5.29. The standard InChI is InChI=1S/C15H13BrN2O2/c1-10-3-2-4-11(9-10)19-8-7-14-18-15-12(20-14)5-6-13(16)17-15/h2-6,9H,7-8H2,1H3. The van der Waals surface area contributed by atoms with Crippen LogP contribution in [-0.2, 0) is 6.42 Å². The van der Waals surface area contributed by atoms with Gasteiger partial charge < -0.3 is 9.15 Å². The largest absolute Gasteiger partial charge is 0.493 e. The van der Waals surface area contributed by atoms with Crippen LogP contribution in [0.5, 0.6) is 5.75 Å². The molecule has 0 spiro atoms. The van der Waals surface area contributed by atoms with E-state index in [1.165, 1.54) is 5.56 Å². The summed E-state index contributed by atoms with van der Waals surface area (Å²) in [7, 11) is 0. The van der Waals surface area contributed by atoms with E-state index in [2.05, 4.69) is 25.9 Å². The summed E-state index contributed by atoms with van der Waals surface area (Å²) in [4.78, 5) is 8.58. The molecule has 0 aliphatic carbocycles. The van der Waals surface area contributed by atoms with Crippen molar-refractivity contribution in [3.05, 3.63) is 52.5 Å². The monoisotopic (exact) mass is 332 g/mol. The number of aryl methyl sites for hydroxylation is 1. The van der Waals surface area contributed by atoms with E-state index in [-0.39, 0.29) is 0 Å². The van der Waals surface area contributed by atoms with Crippen LogP contribution in [0, 0.1) is 6.92 Å². The summed E-state index contributed by atoms with van der Waals surface area (Å²) in [6, 6.07) is 11.6. The molecule has 4 nitrogen and oxygen atoms in total. The van der Waals surface area contributed by atoms with Crippen molar-refractivity contribution < 1.29 is 9.15 Å². The number of ether oxygens (including phenoxy) is 1. The molecular weight excluding hydrogens is 320 g/mol. The minimum Gasteiger partial charge on any atom is -0.493 e. The highest BCUT2D eigenvalue weighted by Crippen LogP contribution is 2.17. The van der Waals surface area contributed by atoms with Crippen LogP contribution in [0.25, 0.3) is 11.2 Å². The summed E-state index contributed by atoms with van der Waals surface area (Å²) in [6.45, 7) is 2.56. The predicted molar refractivity (Wildman–Crippen MR) is 79.9 cm³/mol. The van der Waals surface area contributed by atoms with Crippen molar-refractivity contribution in [2.45, 2.75) is 13.3 Å². The summed E-state index contributed by atoms with van der Waals surface area (Å²) in [5.41, 5.74) is 2.49. The van der Waals surface area contributed by atoms with E-state index in [0.29, 0.717) is 30.1 Å². The lowest BCUT2D eigenvalue weighted by Gasteiger charge is -2.04. The van der Waals surface area contributed by atoms with Crippen LogP contribution in [0.4, 0.5) is 0 Å². The van der Waals surface area contributed by atoms with E-state index in [1.807, 2.05) is 43.3 Å². The zero-order chi connectivity index (χ0) is 13.9. The molecule has 3 aromatic rings. The van der Waals surface area contributed by atoms with Gasteiger partial charge in [-0.3, -0.25) is 0 Å². The van der Waals surface area contributed by atoms with Crippen LogP contribution < -0.4 is 4.74 Å². The van der Waals surface area contributed by atoms with E-state index in [4.69, 9.17) is 9.15 Å². The SMILES string of the molecule is Cc1cccc(OCCc2nc3nc(Br)ccc3o2)c1. The van der Waals surface area contributed by atoms with Crippen molar-refractivity contribution in [2.24, 2.45) is 0 Å². The number of pyridine rings is 1. The van der Waals surface area contributed by atoms with Crippen LogP contribution in [0.15, 0.2) is 45.4 Å². The van der Waals surface area contributed by atoms with E-state index in [9.17, 15) is 0 Å². The average molecular weight is 333 g/mol. The topological polar surface area (TPSA) is 48.2 Å². The van der Waals surface area contributed by atoms with E-state index >= 15 is 0 Å². The molecule has 0 aliphatic rings. The fourth-order valence-electron chi connectivity index (χ4n) is 1.91. The van der Waals surface area contributed by atoms with Gasteiger partial charge in [0, 0.05) is 0 Å². The molecule has 0 amide bonds. The maximum Gasteiger partial charge on any atom is 0.200 e. The molecule has 0 bridgehead atoms. The Balaban J connectivity index is 1.65. The third kappa shape index (κ3) is 2.99. The number of oxazole rings is 1. The normalized spacial score (nSPS) is 10.9. The van der Waals surface area contributed by atoms with Crippen molar-refractivity contribution in [3.8, 4) is 5.75 Å². The molecule has 0 fully saturated rings. The number of halogens is 1. The first-order valence-electron chi connectivity index (χ1n) is 6.32. The van der Waals surface area contributed by atoms with Gasteiger partial charge in [0.25, 0.3) is 0 Å². The third-order valence-corrected chi connectivity index (χ3v) is 3.28. The third-order valence-electron chi connectivity index (χ3n) is 2.84. The van der Waals surface area contributed by atoms with Crippen LogP contribution in [-0.4, -0.2) is 16.6 Å². The van der Waals surface area contributed by atoms with Gasteiger partial charge in [0.2, 0.25) is 0 Å². The number of hydrogen-bond donors (Lipinski definition) is 0. The lowest BCUT2D eigenvalue weighted by molar-refractivity contribution is 0.308. The first kappa shape index (κ1) is 13.1. The van der Waals surface area contributed by atoms with Gasteiger partial charge in [0.05, 0.1) is 13.0 Å². The summed E-state index contributed by atoms with van der Waals surface area (Å²) in [6.07, 6.45) is 0.613. The molecule has 2 heterocycles. The highest BCUT2D eigenvalue weighted by molar-refractivity contribution is 9.10. The van der Waals surface area contributed by atoms with Crippen molar-refractivity contribution in [1.29, 1.82) is 0 Å². The smallest absolute Gasteiger partial charge is 0.200 e. The van der Waals surface area contributed by atoms with E-state index in [0.717, 1.165) is 10.4 Å². The number of aromatic nitrogens is 2. The van der Waals surface area contributed by atoms with Crippen LogP contribution in [0.1, 0.15) is 11.5 Å². The van der Waals surface area contributed by atoms with Gasteiger partial charge >= 0.3 is 0 Å². The molecule has 0 aliphatic heterocycles. The van der Waals surface area contributed by atoms with Crippen LogP contribution in [0.3, 0.4) is 0 Å². The van der Waals surface area contributed by atoms with Gasteiger partial charge in [-0.15, -0.1) is 0 Å². The Labute approximate surface area is 124 Å². The Hall–Kier alpha value is -1.88. The first-order chi connectivity index (χ1) is 9.70. The zero-order valence-electron chi connectivity index (χ0n) is 11.0. The number of fused-ring (bicyclic) bond motifs is 1. The molecule has 20 heavy (non-hydrogen) atoms. The molecule has 0 saturated heterocycles. The Morgan fingerprint density at radius 2 is 2.10 bits per heavy atom. The molecule has 102 valence electrons. The molecule has 0 atom stereocenters. The zero-order valence-corrected chi connectivity index (χ0v) is 12.6. The number of nitrogens with zero attached hydrogens (tertiary/aromatic N) is 2. The Morgan fingerprint density at radius 3 is 2.95 bits per heavy atom. The highest BCUT2D eigenvalue weighted by atomic mass is 79.9. The van der Waals surface area contributed by atoms with Gasteiger partial charge in [0.1, 0.15) is 10.4 Å². The number of rotatable bonds is 4. The maximum atomic E-state index is 5.68. The Morgan fingerprint density at radius 1 is 1.20 bits per heavy atom. The van der Waals surface area contributed by atoms with Crippen molar-refractivity contribution in [3.63, 3.8) is 0 Å². The molecule has 0 saturated carbocycles. The van der Waals surface area contributed by atoms with Crippen molar-refractivity contribution in [1.82, 2.24) is 9.97 Å². The molecule has 0 unspecified atom stereocenters. The summed E-state index contributed by atoms with van der Waals surface area (Å²) in [5.74, 6) is 1.50. The van der Waals surface area contributed by atoms with E-state index < -0.39 is 0 Å². The van der Waals surface area contributed by atoms with Crippen LogP contribution >= 0.6 is 15.9 Å². The van der Waals surface area contributed by atoms with Crippen LogP contribution in [0.2, 0.25) is 0 Å². The lowest BCUT2D eigenvalue weighted by atomic mass is 10.2. The fraction of sp³-hybridized carbons (Fsp3) is 0.200. The Bertz CT molecular complexity index is 740. The number of benzene rings is 1. The van der Waals surface area contributed by atoms with Gasteiger partial charge in [-0.05, 0) is 52.7 Å². The first-order valence-corrected chi connectivity index (χ1v) is 7.11. The number of hydrogen-bond acceptors (Lipinski definition) is 4. The predicted octanol–water partition coefficient (Wildman–Crippen LogP) is 3.92. The minimum absolute atomic E-state index is 0.525. The van der Waals surface area contributed by atoms with Gasteiger partial charge in [-0.1, -0.05) is 12.1 Å². The van der Waals surface area contributed by atoms with Gasteiger partial charge in [-0.25, -0.2) is 4.98 Å². The van der Waals surface area contributed by atoms with E-state index in [1.54, 1.807) is 0 Å². The molecular formula is C15H13BrN2O2. The second kappa shape index (κ2) is 5.63. The Kier molecular flexibility index (Phi) is 3.69. The van der Waals surface area contributed by atoms with Gasteiger partial charge in [-0.2, -0.15) is 4.98 Å². The van der Waals surface area contributed by atoms with Crippen molar-refractivity contribution >= 4 is 27.2 Å². The fourth-order valence-corrected chi connectivity index (χ4v) is 2.21. The molecule has 2 aromatic heterocycles. The second-order valence-electron chi connectivity index (χ2n) is 4.48. The highest BCUT2D eigenvalue weighted by Gasteiger charge is 2.07. The minimum atomic E-state index is 0.525. The molecule has 0 radical (unpaired) electrons. The summed E-state index contributed by atoms with van der Waals surface area (Å²) >= 11 is 3.31. The lowest BCUT2D eigenvalue weighted by Crippen LogP contribution is -2.01. The molecule has 3 rings (SSSR count). The molecule has 1 aromatic carbocycles. The van der Waals surface area contributed by atoms with Crippen molar-refractivity contribution in [2.75, 3.05) is 6.61 Å². The molecule has 5 heteroatoms. The summed E-state index contributed by atoms with van der Waals surface area (Å²) < 4.78 is 12.0. The summed E-state index contributed by atoms with van der Waals surface area (Å²) in [5, 5.41) is 0.